The van der Waals surface area contributed by atoms with Gasteiger partial charge in [0.2, 0.25) is 0 Å². The summed E-state index contributed by atoms with van der Waals surface area (Å²) < 4.78 is 9.28. The number of aromatic nitrogens is 5. The van der Waals surface area contributed by atoms with Crippen LogP contribution in [0.25, 0.3) is 11.3 Å². The second-order valence-electron chi connectivity index (χ2n) is 8.00. The largest absolute Gasteiger partial charge is 0.385 e. The molecule has 7 heteroatoms. The zero-order valence-electron chi connectivity index (χ0n) is 18.7. The molecule has 0 radical (unpaired) electrons. The fourth-order valence-electron chi connectivity index (χ4n) is 3.66. The van der Waals surface area contributed by atoms with Crippen molar-refractivity contribution in [2.24, 2.45) is 0 Å². The molecular weight excluding hydrogens is 426 g/mol. The van der Waals surface area contributed by atoms with Crippen molar-refractivity contribution in [1.29, 1.82) is 0 Å². The lowest BCUT2D eigenvalue weighted by molar-refractivity contribution is 0.184. The first-order valence-electron chi connectivity index (χ1n) is 11.0. The number of aliphatic hydroxyl groups excluding tert-OH is 1. The van der Waals surface area contributed by atoms with Crippen LogP contribution >= 0.6 is 0 Å². The van der Waals surface area contributed by atoms with Crippen LogP contribution < -0.4 is 0 Å². The van der Waals surface area contributed by atoms with Crippen molar-refractivity contribution in [3.63, 3.8) is 0 Å². The summed E-state index contributed by atoms with van der Waals surface area (Å²) in [5.41, 5.74) is 4.75. The first kappa shape index (κ1) is 21.4. The third-order valence-electron chi connectivity index (χ3n) is 5.39. The molecule has 0 amide bonds. The number of hydrogen-bond donors (Lipinski definition) is 1. The third-order valence-corrected chi connectivity index (χ3v) is 5.39. The van der Waals surface area contributed by atoms with E-state index in [2.05, 4.69) is 39.2 Å². The molecule has 5 rings (SSSR count). The second kappa shape index (κ2) is 9.61. The minimum absolute atomic E-state index is 0.480. The monoisotopic (exact) mass is 449 g/mol. The molecule has 3 heterocycles. The van der Waals surface area contributed by atoms with Gasteiger partial charge in [-0.05, 0) is 55.0 Å². The summed E-state index contributed by atoms with van der Waals surface area (Å²) in [6.07, 6.45) is 6.57. The van der Waals surface area contributed by atoms with Crippen LogP contribution in [0.1, 0.15) is 41.2 Å². The lowest BCUT2D eigenvalue weighted by Crippen LogP contribution is -2.07. The van der Waals surface area contributed by atoms with Crippen LogP contribution in [0.15, 0.2) is 90.0 Å². The Morgan fingerprint density at radius 1 is 0.941 bits per heavy atom. The number of rotatable bonds is 6. The summed E-state index contributed by atoms with van der Waals surface area (Å²) in [4.78, 5) is 4.18. The Bertz CT molecular complexity index is 1420. The van der Waals surface area contributed by atoms with Crippen molar-refractivity contribution in [2.75, 3.05) is 0 Å². The van der Waals surface area contributed by atoms with Gasteiger partial charge < -0.3 is 14.2 Å². The van der Waals surface area contributed by atoms with Gasteiger partial charge >= 0.3 is 0 Å². The Hall–Kier alpha value is -4.41. The summed E-state index contributed by atoms with van der Waals surface area (Å²) in [6, 6.07) is 19.9. The van der Waals surface area contributed by atoms with Crippen LogP contribution in [0.3, 0.4) is 0 Å². The first-order valence-corrected chi connectivity index (χ1v) is 11.0. The van der Waals surface area contributed by atoms with Crippen LogP contribution in [0.2, 0.25) is 0 Å². The van der Waals surface area contributed by atoms with Crippen molar-refractivity contribution in [1.82, 2.24) is 24.5 Å². The maximum Gasteiger partial charge on any atom is 0.167 e. The highest BCUT2D eigenvalue weighted by Gasteiger charge is 2.12. The molecule has 0 aliphatic heterocycles. The molecule has 3 aromatic heterocycles. The summed E-state index contributed by atoms with van der Waals surface area (Å²) >= 11 is 0. The van der Waals surface area contributed by atoms with Gasteiger partial charge in [-0.3, -0.25) is 4.68 Å². The van der Waals surface area contributed by atoms with E-state index >= 15 is 0 Å². The van der Waals surface area contributed by atoms with E-state index in [-0.39, 0.29) is 0 Å². The molecule has 0 spiro atoms. The van der Waals surface area contributed by atoms with Gasteiger partial charge in [0.25, 0.3) is 0 Å². The fourth-order valence-corrected chi connectivity index (χ4v) is 3.66. The van der Waals surface area contributed by atoms with Crippen molar-refractivity contribution >= 4 is 0 Å². The number of hydrogen-bond acceptors (Lipinski definition) is 5. The van der Waals surface area contributed by atoms with E-state index in [0.29, 0.717) is 18.1 Å². The molecule has 2 aromatic carbocycles. The SMILES string of the molecule is CC(O)c1nccn1Cc1cc(-c2ccc(C#Cc3ccc(Cn4cccn4)cc3)cc2)on1. The molecule has 1 unspecified atom stereocenters. The Balaban J connectivity index is 1.23. The minimum atomic E-state index is -0.643. The summed E-state index contributed by atoms with van der Waals surface area (Å²) in [5.74, 6) is 7.70. The van der Waals surface area contributed by atoms with Crippen LogP contribution in [-0.4, -0.2) is 29.6 Å². The standard InChI is InChI=1S/C27H23N5O2/c1-20(33)27-28-14-16-31(27)19-25-17-26(34-30-25)24-11-9-22(10-12-24)4-3-21-5-7-23(8-6-21)18-32-15-2-13-29-32/h2,5-17,20,33H,18-19H2,1H3. The van der Waals surface area contributed by atoms with Crippen molar-refractivity contribution in [2.45, 2.75) is 26.1 Å². The van der Waals surface area contributed by atoms with Gasteiger partial charge in [0, 0.05) is 47.5 Å². The number of imidazole rings is 1. The maximum absolute atomic E-state index is 9.81. The molecule has 7 nitrogen and oxygen atoms in total. The minimum Gasteiger partial charge on any atom is -0.385 e. The van der Waals surface area contributed by atoms with E-state index < -0.39 is 6.10 Å². The topological polar surface area (TPSA) is 81.9 Å². The van der Waals surface area contributed by atoms with Crippen molar-refractivity contribution in [3.05, 3.63) is 114 Å². The quantitative estimate of drug-likeness (QED) is 0.391. The van der Waals surface area contributed by atoms with E-state index in [9.17, 15) is 5.11 Å². The summed E-state index contributed by atoms with van der Waals surface area (Å²) in [7, 11) is 0. The highest BCUT2D eigenvalue weighted by molar-refractivity contribution is 5.59. The van der Waals surface area contributed by atoms with Gasteiger partial charge in [-0.25, -0.2) is 4.98 Å². The van der Waals surface area contributed by atoms with Crippen LogP contribution in [0.4, 0.5) is 0 Å². The third kappa shape index (κ3) is 4.98. The summed E-state index contributed by atoms with van der Waals surface area (Å²) in [6.45, 7) is 2.92. The Morgan fingerprint density at radius 3 is 2.35 bits per heavy atom. The number of nitrogens with zero attached hydrogens (tertiary/aromatic N) is 5. The molecule has 168 valence electrons. The van der Waals surface area contributed by atoms with Crippen LogP contribution in [0.5, 0.6) is 0 Å². The van der Waals surface area contributed by atoms with Crippen LogP contribution in [0, 0.1) is 11.8 Å². The van der Waals surface area contributed by atoms with Gasteiger partial charge in [0.05, 0.1) is 13.1 Å². The van der Waals surface area contributed by atoms with Gasteiger partial charge in [-0.1, -0.05) is 29.1 Å². The van der Waals surface area contributed by atoms with Crippen molar-refractivity contribution < 1.29 is 9.63 Å². The van der Waals surface area contributed by atoms with Gasteiger partial charge in [-0.15, -0.1) is 0 Å². The predicted molar refractivity (Wildman–Crippen MR) is 128 cm³/mol. The first-order chi connectivity index (χ1) is 16.6. The summed E-state index contributed by atoms with van der Waals surface area (Å²) in [5, 5.41) is 18.2. The van der Waals surface area contributed by atoms with E-state index in [1.807, 2.05) is 70.2 Å². The molecule has 0 aliphatic carbocycles. The molecule has 5 aromatic rings. The molecule has 0 saturated carbocycles. The Labute approximate surface area is 197 Å². The zero-order valence-corrected chi connectivity index (χ0v) is 18.7. The Morgan fingerprint density at radius 2 is 1.68 bits per heavy atom. The van der Waals surface area contributed by atoms with Gasteiger partial charge in [0.1, 0.15) is 17.6 Å². The average Bonchev–Trinajstić information content (AvgIpc) is 3.62. The number of aliphatic hydroxyl groups is 1. The lowest BCUT2D eigenvalue weighted by atomic mass is 10.1. The highest BCUT2D eigenvalue weighted by atomic mass is 16.5. The maximum atomic E-state index is 9.81. The van der Waals surface area contributed by atoms with E-state index in [0.717, 1.165) is 28.9 Å². The number of benzene rings is 2. The molecule has 0 aliphatic rings. The molecule has 1 atom stereocenters. The van der Waals surface area contributed by atoms with E-state index in [1.54, 1.807) is 19.3 Å². The van der Waals surface area contributed by atoms with Gasteiger partial charge in [-0.2, -0.15) is 5.10 Å². The molecule has 0 bridgehead atoms. The lowest BCUT2D eigenvalue weighted by Gasteiger charge is -2.07. The Kier molecular flexibility index (Phi) is 6.06. The molecule has 0 fully saturated rings. The molecule has 1 N–H and O–H groups in total. The van der Waals surface area contributed by atoms with Gasteiger partial charge in [0.15, 0.2) is 5.76 Å². The molecular formula is C27H23N5O2. The molecule has 0 saturated heterocycles. The van der Waals surface area contributed by atoms with Crippen LogP contribution in [-0.2, 0) is 13.1 Å². The van der Waals surface area contributed by atoms with E-state index in [1.165, 1.54) is 5.56 Å². The normalized spacial score (nSPS) is 11.7. The molecule has 34 heavy (non-hydrogen) atoms. The highest BCUT2D eigenvalue weighted by Crippen LogP contribution is 2.22. The van der Waals surface area contributed by atoms with Crippen molar-refractivity contribution in [3.8, 4) is 23.2 Å². The zero-order chi connectivity index (χ0) is 23.3. The second-order valence-corrected chi connectivity index (χ2v) is 8.00. The fraction of sp³-hybridized carbons (Fsp3) is 0.148. The van der Waals surface area contributed by atoms with E-state index in [4.69, 9.17) is 4.52 Å². The average molecular weight is 450 g/mol. The smallest absolute Gasteiger partial charge is 0.167 e. The predicted octanol–water partition coefficient (Wildman–Crippen LogP) is 4.28.